The summed E-state index contributed by atoms with van der Waals surface area (Å²) in [5, 5.41) is 7.60. The van der Waals surface area contributed by atoms with Gasteiger partial charge in [0.2, 0.25) is 5.91 Å². The predicted octanol–water partition coefficient (Wildman–Crippen LogP) is 5.48. The molecule has 0 aliphatic rings. The largest absolute Gasteiger partial charge is 0.496 e. The van der Waals surface area contributed by atoms with E-state index in [9.17, 15) is 9.18 Å². The van der Waals surface area contributed by atoms with E-state index in [1.807, 2.05) is 36.6 Å². The smallest absolute Gasteiger partial charge is 0.224 e. The molecular weight excluding hydrogens is 469 g/mol. The molecule has 2 N–H and O–H groups in total. The molecule has 184 valence electrons. The van der Waals surface area contributed by atoms with Gasteiger partial charge in [0.25, 0.3) is 0 Å². The fourth-order valence-electron chi connectivity index (χ4n) is 3.86. The Morgan fingerprint density at radius 2 is 2.00 bits per heavy atom. The summed E-state index contributed by atoms with van der Waals surface area (Å²) in [4.78, 5) is 21.4. The van der Waals surface area contributed by atoms with Crippen molar-refractivity contribution in [1.29, 1.82) is 0 Å². The number of rotatable bonds is 10. The van der Waals surface area contributed by atoms with E-state index in [1.165, 1.54) is 23.7 Å². The summed E-state index contributed by atoms with van der Waals surface area (Å²) in [7, 11) is 1.58. The lowest BCUT2D eigenvalue weighted by atomic mass is 10.2. The van der Waals surface area contributed by atoms with Gasteiger partial charge in [0.15, 0.2) is 5.75 Å². The number of hydrogen-bond acceptors (Lipinski definition) is 7. The minimum absolute atomic E-state index is 0.0775. The highest BCUT2D eigenvalue weighted by atomic mass is 32.1. The van der Waals surface area contributed by atoms with Gasteiger partial charge >= 0.3 is 0 Å². The number of nitrogens with one attached hydrogen (secondary N) is 2. The summed E-state index contributed by atoms with van der Waals surface area (Å²) in [6, 6.07) is 8.72. The van der Waals surface area contributed by atoms with Crippen molar-refractivity contribution in [3.63, 3.8) is 0 Å². The summed E-state index contributed by atoms with van der Waals surface area (Å²) in [5.74, 6) is 1.55. The Morgan fingerprint density at radius 1 is 1.17 bits per heavy atom. The molecule has 8 nitrogen and oxygen atoms in total. The number of aromatic nitrogens is 3. The third-order valence-electron chi connectivity index (χ3n) is 5.53. The van der Waals surface area contributed by atoms with Crippen LogP contribution in [0.4, 0.5) is 15.2 Å². The van der Waals surface area contributed by atoms with Gasteiger partial charge in [0.05, 0.1) is 29.8 Å². The van der Waals surface area contributed by atoms with E-state index < -0.39 is 0 Å². The quantitative estimate of drug-likeness (QED) is 0.302. The number of halogens is 1. The maximum absolute atomic E-state index is 14.6. The van der Waals surface area contributed by atoms with Crippen LogP contribution in [-0.4, -0.2) is 40.7 Å². The molecule has 0 unspecified atom stereocenters. The maximum Gasteiger partial charge on any atom is 0.224 e. The number of fused-ring (bicyclic) bond motifs is 1. The third kappa shape index (κ3) is 5.22. The molecule has 0 spiro atoms. The first kappa shape index (κ1) is 24.5. The van der Waals surface area contributed by atoms with Gasteiger partial charge in [0, 0.05) is 42.7 Å². The van der Waals surface area contributed by atoms with E-state index in [1.54, 1.807) is 20.1 Å². The number of thiophene rings is 1. The van der Waals surface area contributed by atoms with E-state index in [2.05, 4.69) is 20.6 Å². The fraction of sp³-hybridized carbons (Fsp3) is 0.320. The van der Waals surface area contributed by atoms with Crippen LogP contribution >= 0.6 is 11.3 Å². The molecular formula is C25H28FN5O3S. The molecule has 10 heteroatoms. The van der Waals surface area contributed by atoms with Crippen LogP contribution in [0.1, 0.15) is 26.0 Å². The summed E-state index contributed by atoms with van der Waals surface area (Å²) in [6.07, 6.45) is 1.87. The molecule has 0 bridgehead atoms. The number of ether oxygens (including phenoxy) is 2. The number of methoxy groups -OCH3 is 1. The summed E-state index contributed by atoms with van der Waals surface area (Å²) in [5.41, 5.74) is 2.18. The molecule has 35 heavy (non-hydrogen) atoms. The Bertz CT molecular complexity index is 1350. The van der Waals surface area contributed by atoms with E-state index in [0.717, 1.165) is 16.0 Å². The molecule has 4 rings (SSSR count). The van der Waals surface area contributed by atoms with E-state index >= 15 is 0 Å². The van der Waals surface area contributed by atoms with Crippen molar-refractivity contribution in [1.82, 2.24) is 14.5 Å². The minimum atomic E-state index is -0.285. The van der Waals surface area contributed by atoms with E-state index in [4.69, 9.17) is 9.47 Å². The van der Waals surface area contributed by atoms with Crippen molar-refractivity contribution in [3.05, 3.63) is 48.2 Å². The first-order chi connectivity index (χ1) is 16.9. The fourth-order valence-corrected chi connectivity index (χ4v) is 4.84. The maximum atomic E-state index is 14.6. The second-order valence-electron chi connectivity index (χ2n) is 7.80. The lowest BCUT2D eigenvalue weighted by Gasteiger charge is -2.11. The van der Waals surface area contributed by atoms with Gasteiger partial charge in [-0.2, -0.15) is 0 Å². The Kier molecular flexibility index (Phi) is 7.50. The predicted molar refractivity (Wildman–Crippen MR) is 137 cm³/mol. The van der Waals surface area contributed by atoms with Crippen LogP contribution in [0.15, 0.2) is 36.7 Å². The van der Waals surface area contributed by atoms with Crippen LogP contribution in [0, 0.1) is 12.7 Å². The molecule has 1 amide bonds. The number of aryl methyl sites for hydroxylation is 1. The van der Waals surface area contributed by atoms with Crippen molar-refractivity contribution in [3.8, 4) is 22.1 Å². The van der Waals surface area contributed by atoms with Crippen molar-refractivity contribution < 1.29 is 18.7 Å². The summed E-state index contributed by atoms with van der Waals surface area (Å²) in [6.45, 7) is 7.21. The van der Waals surface area contributed by atoms with Crippen LogP contribution < -0.4 is 20.1 Å². The van der Waals surface area contributed by atoms with Crippen molar-refractivity contribution in [2.45, 2.75) is 33.7 Å². The SMILES string of the molecule is CCOc1cc(-c2cc(NCCn3c(C)cc4c(OC)ccc(F)c43)ncn2)sc1NC(=O)CC. The second kappa shape index (κ2) is 10.7. The van der Waals surface area contributed by atoms with Gasteiger partial charge in [0.1, 0.15) is 28.7 Å². The van der Waals surface area contributed by atoms with Crippen molar-refractivity contribution in [2.75, 3.05) is 30.9 Å². The van der Waals surface area contributed by atoms with Gasteiger partial charge in [-0.25, -0.2) is 14.4 Å². The topological polar surface area (TPSA) is 90.3 Å². The van der Waals surface area contributed by atoms with Crippen molar-refractivity contribution >= 4 is 39.0 Å². The minimum Gasteiger partial charge on any atom is -0.496 e. The first-order valence-electron chi connectivity index (χ1n) is 11.4. The molecule has 3 aromatic heterocycles. The normalized spacial score (nSPS) is 11.0. The average Bonchev–Trinajstić information content (AvgIpc) is 3.41. The standard InChI is InChI=1S/C25H28FN5O3S/c1-5-23(32)30-25-20(34-6-2)13-21(35-25)18-12-22(29-14-28-18)27-9-10-31-15(3)11-16-19(33-4)8-7-17(26)24(16)31/h7-8,11-14H,5-6,9-10H2,1-4H3,(H,30,32)(H,27,28,29). The Labute approximate surface area is 207 Å². The van der Waals surface area contributed by atoms with Gasteiger partial charge < -0.3 is 24.7 Å². The number of carbonyl (C=O) groups excluding carboxylic acids is 1. The Balaban J connectivity index is 1.51. The molecule has 4 aromatic rings. The summed E-state index contributed by atoms with van der Waals surface area (Å²) < 4.78 is 27.6. The molecule has 0 aliphatic carbocycles. The van der Waals surface area contributed by atoms with Gasteiger partial charge in [-0.05, 0) is 32.0 Å². The number of benzene rings is 1. The highest BCUT2D eigenvalue weighted by Gasteiger charge is 2.16. The van der Waals surface area contributed by atoms with Crippen molar-refractivity contribution in [2.24, 2.45) is 0 Å². The Hall–Kier alpha value is -3.66. The van der Waals surface area contributed by atoms with E-state index in [0.29, 0.717) is 59.6 Å². The molecule has 0 atom stereocenters. The lowest BCUT2D eigenvalue weighted by molar-refractivity contribution is -0.115. The number of amides is 1. The number of anilines is 2. The average molecular weight is 498 g/mol. The van der Waals surface area contributed by atoms with Crippen LogP contribution in [0.2, 0.25) is 0 Å². The summed E-state index contributed by atoms with van der Waals surface area (Å²) >= 11 is 1.40. The second-order valence-corrected chi connectivity index (χ2v) is 8.86. The molecule has 3 heterocycles. The zero-order chi connectivity index (χ0) is 24.9. The monoisotopic (exact) mass is 497 g/mol. The zero-order valence-corrected chi connectivity index (χ0v) is 21.0. The van der Waals surface area contributed by atoms with Crippen LogP contribution in [0.3, 0.4) is 0 Å². The van der Waals surface area contributed by atoms with Gasteiger partial charge in [-0.3, -0.25) is 4.79 Å². The van der Waals surface area contributed by atoms with Gasteiger partial charge in [-0.1, -0.05) is 6.92 Å². The molecule has 0 radical (unpaired) electrons. The molecule has 1 aromatic carbocycles. The third-order valence-corrected chi connectivity index (χ3v) is 6.58. The van der Waals surface area contributed by atoms with Gasteiger partial charge in [-0.15, -0.1) is 11.3 Å². The highest BCUT2D eigenvalue weighted by Crippen LogP contribution is 2.40. The highest BCUT2D eigenvalue weighted by molar-refractivity contribution is 7.20. The zero-order valence-electron chi connectivity index (χ0n) is 20.1. The molecule has 0 fully saturated rings. The van der Waals surface area contributed by atoms with Crippen LogP contribution in [-0.2, 0) is 11.3 Å². The van der Waals surface area contributed by atoms with E-state index in [-0.39, 0.29) is 11.7 Å². The lowest BCUT2D eigenvalue weighted by Crippen LogP contribution is -2.12. The Morgan fingerprint density at radius 3 is 2.74 bits per heavy atom. The molecule has 0 saturated heterocycles. The first-order valence-corrected chi connectivity index (χ1v) is 12.2. The van der Waals surface area contributed by atoms with Crippen LogP contribution in [0.25, 0.3) is 21.5 Å². The number of carbonyl (C=O) groups is 1. The van der Waals surface area contributed by atoms with Crippen LogP contribution in [0.5, 0.6) is 11.5 Å². The number of hydrogen-bond donors (Lipinski definition) is 2. The number of nitrogens with zero attached hydrogens (tertiary/aromatic N) is 3. The molecule has 0 saturated carbocycles. The molecule has 0 aliphatic heterocycles.